The first kappa shape index (κ1) is 22.9. The molecule has 2 aromatic carbocycles. The summed E-state index contributed by atoms with van der Waals surface area (Å²) in [5.74, 6) is -1.15. The fourth-order valence-corrected chi connectivity index (χ4v) is 3.29. The van der Waals surface area contributed by atoms with Crippen molar-refractivity contribution < 1.29 is 22.4 Å². The van der Waals surface area contributed by atoms with Gasteiger partial charge in [-0.25, -0.2) is 9.37 Å². The van der Waals surface area contributed by atoms with Crippen molar-refractivity contribution in [1.82, 2.24) is 10.3 Å². The van der Waals surface area contributed by atoms with Gasteiger partial charge in [-0.05, 0) is 48.9 Å². The first-order chi connectivity index (χ1) is 15.1. The van der Waals surface area contributed by atoms with E-state index in [4.69, 9.17) is 5.41 Å². The molecule has 32 heavy (non-hydrogen) atoms. The molecule has 3 rings (SSSR count). The molecule has 0 unspecified atom stereocenters. The Labute approximate surface area is 181 Å². The number of nitrogens with one attached hydrogen (secondary N) is 2. The van der Waals surface area contributed by atoms with Crippen molar-refractivity contribution in [1.29, 1.82) is 5.41 Å². The minimum Gasteiger partial charge on any atom is -0.384 e. The summed E-state index contributed by atoms with van der Waals surface area (Å²) in [5.41, 5.74) is 0.838. The lowest BCUT2D eigenvalue weighted by Crippen LogP contribution is -2.33. The van der Waals surface area contributed by atoms with Gasteiger partial charge in [-0.15, -0.1) is 0 Å². The van der Waals surface area contributed by atoms with E-state index in [9.17, 15) is 18.0 Å². The smallest absolute Gasteiger partial charge is 0.384 e. The number of fused-ring (bicyclic) bond motifs is 1. The van der Waals surface area contributed by atoms with E-state index in [-0.39, 0.29) is 16.9 Å². The molecule has 0 bridgehead atoms. The maximum atomic E-state index is 15.2. The second-order valence-electron chi connectivity index (χ2n) is 7.03. The highest BCUT2D eigenvalue weighted by atomic mass is 19.4. The molecular weight excluding hydrogens is 424 g/mol. The van der Waals surface area contributed by atoms with Crippen LogP contribution in [0, 0.1) is 18.2 Å². The zero-order valence-electron chi connectivity index (χ0n) is 17.5. The van der Waals surface area contributed by atoms with Crippen LogP contribution >= 0.6 is 0 Å². The molecule has 0 aliphatic heterocycles. The quantitative estimate of drug-likeness (QED) is 0.328. The summed E-state index contributed by atoms with van der Waals surface area (Å²) in [7, 11) is 2.94. The Kier molecular flexibility index (Phi) is 6.29. The Balaban J connectivity index is 2.00. The Morgan fingerprint density at radius 2 is 1.88 bits per heavy atom. The van der Waals surface area contributed by atoms with Crippen molar-refractivity contribution in [3.8, 4) is 11.3 Å². The van der Waals surface area contributed by atoms with Gasteiger partial charge >= 0.3 is 6.18 Å². The molecule has 2 N–H and O–H groups in total. The molecule has 3 aromatic rings. The zero-order chi connectivity index (χ0) is 23.6. The third-order valence-corrected chi connectivity index (χ3v) is 5.07. The largest absolute Gasteiger partial charge is 0.416 e. The molecule has 0 fully saturated rings. The molecule has 9 heteroatoms. The predicted octanol–water partition coefficient (Wildman–Crippen LogP) is 5.08. The highest BCUT2D eigenvalue weighted by Gasteiger charge is 2.30. The standard InChI is InChI=1S/C23H20F4N4O/c1-13-16(6-9-20(21(13)24)31(3)22(32)19(29-2)10-11-28)18-7-4-14-12-15(23(25,26)27)5-8-17(14)30-18/h4-12,28-29H,1-3H3/b19-10-,28-11?. The van der Waals surface area contributed by atoms with E-state index in [1.807, 2.05) is 0 Å². The normalized spacial score (nSPS) is 12.0. The van der Waals surface area contributed by atoms with Crippen molar-refractivity contribution >= 4 is 28.7 Å². The Morgan fingerprint density at radius 3 is 2.50 bits per heavy atom. The number of benzene rings is 2. The molecule has 1 amide bonds. The highest BCUT2D eigenvalue weighted by molar-refractivity contribution is 6.06. The molecule has 1 heterocycles. The lowest BCUT2D eigenvalue weighted by molar-refractivity contribution is -0.137. The van der Waals surface area contributed by atoms with Crippen molar-refractivity contribution in [3.63, 3.8) is 0 Å². The molecule has 0 aliphatic carbocycles. The summed E-state index contributed by atoms with van der Waals surface area (Å²) in [4.78, 5) is 18.1. The number of halogens is 4. The molecule has 0 atom stereocenters. The number of anilines is 1. The number of hydrogen-bond acceptors (Lipinski definition) is 4. The van der Waals surface area contributed by atoms with E-state index in [2.05, 4.69) is 10.3 Å². The Morgan fingerprint density at radius 1 is 1.16 bits per heavy atom. The van der Waals surface area contributed by atoms with E-state index < -0.39 is 23.5 Å². The van der Waals surface area contributed by atoms with Crippen LogP contribution in [0.25, 0.3) is 22.2 Å². The van der Waals surface area contributed by atoms with Crippen LogP contribution in [0.5, 0.6) is 0 Å². The highest BCUT2D eigenvalue weighted by Crippen LogP contribution is 2.34. The molecule has 0 saturated carbocycles. The summed E-state index contributed by atoms with van der Waals surface area (Å²) < 4.78 is 54.0. The lowest BCUT2D eigenvalue weighted by Gasteiger charge is -2.21. The minimum absolute atomic E-state index is 0.0398. The first-order valence-electron chi connectivity index (χ1n) is 9.52. The molecule has 0 aliphatic rings. The summed E-state index contributed by atoms with van der Waals surface area (Å²) in [5, 5.41) is 10.1. The number of hydrogen-bond donors (Lipinski definition) is 2. The van der Waals surface area contributed by atoms with Gasteiger partial charge in [0.25, 0.3) is 5.91 Å². The van der Waals surface area contributed by atoms with Crippen LogP contribution in [-0.2, 0) is 11.0 Å². The van der Waals surface area contributed by atoms with Gasteiger partial charge in [0, 0.05) is 31.3 Å². The third-order valence-electron chi connectivity index (χ3n) is 5.07. The first-order valence-corrected chi connectivity index (χ1v) is 9.52. The van der Waals surface area contributed by atoms with Gasteiger partial charge in [0.2, 0.25) is 0 Å². The van der Waals surface area contributed by atoms with Gasteiger partial charge in [0.1, 0.15) is 11.5 Å². The summed E-state index contributed by atoms with van der Waals surface area (Å²) in [6.45, 7) is 1.54. The van der Waals surface area contributed by atoms with Crippen LogP contribution in [0.1, 0.15) is 11.1 Å². The number of alkyl halides is 3. The average molecular weight is 444 g/mol. The molecule has 166 valence electrons. The predicted molar refractivity (Wildman–Crippen MR) is 116 cm³/mol. The Hall–Kier alpha value is -3.75. The number of amides is 1. The van der Waals surface area contributed by atoms with E-state index in [0.717, 1.165) is 23.2 Å². The molecular formula is C23H20F4N4O. The number of aromatic nitrogens is 1. The second-order valence-corrected chi connectivity index (χ2v) is 7.03. The van der Waals surface area contributed by atoms with E-state index in [1.165, 1.54) is 51.4 Å². The lowest BCUT2D eigenvalue weighted by atomic mass is 10.0. The molecule has 0 saturated heterocycles. The molecule has 0 radical (unpaired) electrons. The summed E-state index contributed by atoms with van der Waals surface area (Å²) >= 11 is 0. The number of carbonyl (C=O) groups is 1. The molecule has 0 spiro atoms. The average Bonchev–Trinajstić information content (AvgIpc) is 2.77. The van der Waals surface area contributed by atoms with E-state index >= 15 is 4.39 Å². The van der Waals surface area contributed by atoms with Crippen LogP contribution in [0.15, 0.2) is 54.2 Å². The van der Waals surface area contributed by atoms with Crippen molar-refractivity contribution in [2.75, 3.05) is 19.0 Å². The maximum absolute atomic E-state index is 15.2. The number of carbonyl (C=O) groups excluding carboxylic acids is 1. The van der Waals surface area contributed by atoms with Gasteiger partial charge in [-0.3, -0.25) is 4.79 Å². The summed E-state index contributed by atoms with van der Waals surface area (Å²) in [6.07, 6.45) is -2.24. The minimum atomic E-state index is -4.45. The number of nitrogens with zero attached hydrogens (tertiary/aromatic N) is 2. The molecule has 5 nitrogen and oxygen atoms in total. The SMILES string of the molecule is CN/C(=C\C=N)C(=O)N(C)c1ccc(-c2ccc3cc(C(F)(F)F)ccc3n2)c(C)c1F. The fraction of sp³-hybridized carbons (Fsp3) is 0.174. The van der Waals surface area contributed by atoms with Gasteiger partial charge < -0.3 is 15.6 Å². The van der Waals surface area contributed by atoms with Crippen LogP contribution in [-0.4, -0.2) is 31.2 Å². The number of pyridine rings is 1. The van der Waals surface area contributed by atoms with Gasteiger partial charge in [-0.2, -0.15) is 13.2 Å². The van der Waals surface area contributed by atoms with Gasteiger partial charge in [0.05, 0.1) is 22.5 Å². The van der Waals surface area contributed by atoms with Crippen molar-refractivity contribution in [2.24, 2.45) is 0 Å². The van der Waals surface area contributed by atoms with Crippen LogP contribution < -0.4 is 10.2 Å². The van der Waals surface area contributed by atoms with Gasteiger partial charge in [0.15, 0.2) is 0 Å². The monoisotopic (exact) mass is 444 g/mol. The van der Waals surface area contributed by atoms with Crippen LogP contribution in [0.3, 0.4) is 0 Å². The van der Waals surface area contributed by atoms with E-state index in [1.54, 1.807) is 6.07 Å². The Bertz CT molecular complexity index is 1230. The second kappa shape index (κ2) is 8.78. The van der Waals surface area contributed by atoms with Crippen molar-refractivity contribution in [2.45, 2.75) is 13.1 Å². The fourth-order valence-electron chi connectivity index (χ4n) is 3.29. The van der Waals surface area contributed by atoms with Crippen molar-refractivity contribution in [3.05, 3.63) is 71.2 Å². The van der Waals surface area contributed by atoms with Crippen LogP contribution in [0.4, 0.5) is 23.2 Å². The number of rotatable bonds is 5. The molecule has 1 aromatic heterocycles. The van der Waals surface area contributed by atoms with Gasteiger partial charge in [-0.1, -0.05) is 12.1 Å². The van der Waals surface area contributed by atoms with Crippen LogP contribution in [0.2, 0.25) is 0 Å². The van der Waals surface area contributed by atoms with E-state index in [0.29, 0.717) is 22.2 Å². The summed E-state index contributed by atoms with van der Waals surface area (Å²) in [6, 6.07) is 9.34. The third kappa shape index (κ3) is 4.32. The zero-order valence-corrected chi connectivity index (χ0v) is 17.5. The topological polar surface area (TPSA) is 69.1 Å². The number of allylic oxidation sites excluding steroid dienone is 1. The maximum Gasteiger partial charge on any atom is 0.416 e. The number of likely N-dealkylation sites (N-methyl/N-ethyl adjacent to an activating group) is 2.